The molecule has 0 radical (unpaired) electrons. The van der Waals surface area contributed by atoms with Gasteiger partial charge in [0.25, 0.3) is 0 Å². The Labute approximate surface area is 82.5 Å². The molecule has 0 aliphatic heterocycles. The van der Waals surface area contributed by atoms with Crippen LogP contribution in [0.25, 0.3) is 0 Å². The number of rotatable bonds is 5. The zero-order chi connectivity index (χ0) is 9.52. The Morgan fingerprint density at radius 3 is 2.31 bits per heavy atom. The van der Waals surface area contributed by atoms with Crippen molar-refractivity contribution in [3.8, 4) is 0 Å². The van der Waals surface area contributed by atoms with Crippen molar-refractivity contribution in [1.82, 2.24) is 0 Å². The first-order chi connectivity index (χ1) is 6.33. The molecule has 0 heterocycles. The Hall–Kier alpha value is -0.0400. The van der Waals surface area contributed by atoms with E-state index in [-0.39, 0.29) is 0 Å². The maximum absolute atomic E-state index is 8.64. The maximum atomic E-state index is 8.64. The van der Waals surface area contributed by atoms with E-state index in [2.05, 4.69) is 6.92 Å². The second-order valence-corrected chi connectivity index (χ2v) is 4.70. The van der Waals surface area contributed by atoms with Crippen LogP contribution in [-0.4, -0.2) is 11.7 Å². The van der Waals surface area contributed by atoms with Crippen LogP contribution in [0.2, 0.25) is 0 Å². The summed E-state index contributed by atoms with van der Waals surface area (Å²) in [6.45, 7) is 2.75. The lowest BCUT2D eigenvalue weighted by Gasteiger charge is -2.25. The van der Waals surface area contributed by atoms with Gasteiger partial charge in [-0.1, -0.05) is 51.9 Å². The third-order valence-corrected chi connectivity index (χ3v) is 3.41. The number of hydrogen-bond acceptors (Lipinski definition) is 1. The van der Waals surface area contributed by atoms with Gasteiger partial charge < -0.3 is 5.11 Å². The van der Waals surface area contributed by atoms with Gasteiger partial charge in [0.2, 0.25) is 0 Å². The third kappa shape index (κ3) is 4.66. The summed E-state index contributed by atoms with van der Waals surface area (Å²) in [5, 5.41) is 8.64. The summed E-state index contributed by atoms with van der Waals surface area (Å²) in [5.41, 5.74) is 0. The summed E-state index contributed by atoms with van der Waals surface area (Å²) in [5.74, 6) is 1.99. The van der Waals surface area contributed by atoms with E-state index in [0.717, 1.165) is 18.3 Å². The van der Waals surface area contributed by atoms with Gasteiger partial charge in [-0.15, -0.1) is 0 Å². The van der Waals surface area contributed by atoms with Crippen LogP contribution in [0.4, 0.5) is 0 Å². The van der Waals surface area contributed by atoms with Crippen molar-refractivity contribution in [3.05, 3.63) is 0 Å². The van der Waals surface area contributed by atoms with E-state index in [4.69, 9.17) is 5.11 Å². The molecular weight excluding hydrogens is 160 g/mol. The van der Waals surface area contributed by atoms with Crippen LogP contribution in [0.5, 0.6) is 0 Å². The van der Waals surface area contributed by atoms with Crippen LogP contribution in [0, 0.1) is 11.8 Å². The predicted molar refractivity (Wildman–Crippen MR) is 56.7 cm³/mol. The van der Waals surface area contributed by atoms with Crippen LogP contribution >= 0.6 is 0 Å². The van der Waals surface area contributed by atoms with Crippen molar-refractivity contribution in [1.29, 1.82) is 0 Å². The van der Waals surface area contributed by atoms with Crippen molar-refractivity contribution in [2.75, 3.05) is 6.61 Å². The van der Waals surface area contributed by atoms with Crippen molar-refractivity contribution in [2.24, 2.45) is 11.8 Å². The second kappa shape index (κ2) is 6.42. The normalized spacial score (nSPS) is 29.1. The molecule has 0 spiro atoms. The Balaban J connectivity index is 1.96. The van der Waals surface area contributed by atoms with Gasteiger partial charge in [0, 0.05) is 6.61 Å². The minimum Gasteiger partial charge on any atom is -0.396 e. The highest BCUT2D eigenvalue weighted by molar-refractivity contribution is 4.69. The van der Waals surface area contributed by atoms with E-state index in [9.17, 15) is 0 Å². The van der Waals surface area contributed by atoms with Crippen molar-refractivity contribution in [3.63, 3.8) is 0 Å². The smallest absolute Gasteiger partial charge is 0.0431 e. The van der Waals surface area contributed by atoms with Crippen LogP contribution in [0.1, 0.15) is 58.3 Å². The first-order valence-electron chi connectivity index (χ1n) is 5.93. The minimum absolute atomic E-state index is 0.377. The molecule has 1 rings (SSSR count). The van der Waals surface area contributed by atoms with Gasteiger partial charge in [-0.05, 0) is 18.3 Å². The van der Waals surface area contributed by atoms with Crippen LogP contribution in [0.3, 0.4) is 0 Å². The van der Waals surface area contributed by atoms with E-state index >= 15 is 0 Å². The van der Waals surface area contributed by atoms with Gasteiger partial charge in [-0.2, -0.15) is 0 Å². The van der Waals surface area contributed by atoms with Crippen molar-refractivity contribution in [2.45, 2.75) is 58.3 Å². The number of hydrogen-bond donors (Lipinski definition) is 1. The molecule has 1 nitrogen and oxygen atoms in total. The average Bonchev–Trinajstić information content (AvgIpc) is 2.15. The average molecular weight is 184 g/mol. The largest absolute Gasteiger partial charge is 0.396 e. The first-order valence-corrected chi connectivity index (χ1v) is 5.93. The zero-order valence-corrected chi connectivity index (χ0v) is 8.97. The monoisotopic (exact) mass is 184 g/mol. The summed E-state index contributed by atoms with van der Waals surface area (Å²) in [4.78, 5) is 0. The number of aliphatic hydroxyl groups excluding tert-OH is 1. The Kier molecular flexibility index (Phi) is 5.45. The maximum Gasteiger partial charge on any atom is 0.0431 e. The van der Waals surface area contributed by atoms with Gasteiger partial charge in [-0.25, -0.2) is 0 Å². The highest BCUT2D eigenvalue weighted by Crippen LogP contribution is 2.31. The molecule has 0 aromatic heterocycles. The number of unbranched alkanes of at least 4 members (excludes halogenated alkanes) is 2. The molecule has 1 heteroatoms. The molecule has 0 atom stereocenters. The van der Waals surface area contributed by atoms with Crippen molar-refractivity contribution < 1.29 is 5.11 Å². The topological polar surface area (TPSA) is 20.2 Å². The van der Waals surface area contributed by atoms with Crippen LogP contribution < -0.4 is 0 Å². The van der Waals surface area contributed by atoms with Gasteiger partial charge in [0.15, 0.2) is 0 Å². The molecular formula is C12H24O. The van der Waals surface area contributed by atoms with E-state index in [1.165, 1.54) is 44.9 Å². The lowest BCUT2D eigenvalue weighted by Crippen LogP contribution is -2.12. The standard InChI is InChI=1S/C12H24O/c1-11-6-8-12(9-7-11)5-3-2-4-10-13/h11-13H,2-10H2,1H3. The SMILES string of the molecule is CC1CCC(CCCCCO)CC1. The second-order valence-electron chi connectivity index (χ2n) is 4.70. The predicted octanol–water partition coefficient (Wildman–Crippen LogP) is 3.37. The summed E-state index contributed by atoms with van der Waals surface area (Å²) in [6.07, 6.45) is 10.8. The quantitative estimate of drug-likeness (QED) is 0.649. The van der Waals surface area contributed by atoms with Gasteiger partial charge in [-0.3, -0.25) is 0 Å². The van der Waals surface area contributed by atoms with Crippen LogP contribution in [0.15, 0.2) is 0 Å². The molecule has 0 bridgehead atoms. The molecule has 1 fully saturated rings. The lowest BCUT2D eigenvalue weighted by atomic mass is 9.80. The fourth-order valence-electron chi connectivity index (χ4n) is 2.34. The molecule has 13 heavy (non-hydrogen) atoms. The van der Waals surface area contributed by atoms with Gasteiger partial charge in [0.05, 0.1) is 0 Å². The fourth-order valence-corrected chi connectivity index (χ4v) is 2.34. The highest BCUT2D eigenvalue weighted by atomic mass is 16.2. The molecule has 0 amide bonds. The van der Waals surface area contributed by atoms with E-state index in [1.807, 2.05) is 0 Å². The molecule has 0 aromatic rings. The van der Waals surface area contributed by atoms with E-state index < -0.39 is 0 Å². The van der Waals surface area contributed by atoms with E-state index in [0.29, 0.717) is 6.61 Å². The van der Waals surface area contributed by atoms with Crippen LogP contribution in [-0.2, 0) is 0 Å². The molecule has 1 aliphatic rings. The van der Waals surface area contributed by atoms with Crippen molar-refractivity contribution >= 4 is 0 Å². The zero-order valence-electron chi connectivity index (χ0n) is 8.97. The summed E-state index contributed by atoms with van der Waals surface area (Å²) < 4.78 is 0. The first kappa shape index (κ1) is 11.0. The molecule has 1 N–H and O–H groups in total. The highest BCUT2D eigenvalue weighted by Gasteiger charge is 2.17. The molecule has 0 saturated heterocycles. The van der Waals surface area contributed by atoms with Gasteiger partial charge in [0.1, 0.15) is 0 Å². The Morgan fingerprint density at radius 2 is 1.69 bits per heavy atom. The summed E-state index contributed by atoms with van der Waals surface area (Å²) in [6, 6.07) is 0. The van der Waals surface area contributed by atoms with Gasteiger partial charge >= 0.3 is 0 Å². The molecule has 0 unspecified atom stereocenters. The van der Waals surface area contributed by atoms with E-state index in [1.54, 1.807) is 0 Å². The molecule has 1 aliphatic carbocycles. The Bertz CT molecular complexity index is 114. The minimum atomic E-state index is 0.377. The molecule has 1 saturated carbocycles. The Morgan fingerprint density at radius 1 is 1.00 bits per heavy atom. The fraction of sp³-hybridized carbons (Fsp3) is 1.00. The molecule has 78 valence electrons. The summed E-state index contributed by atoms with van der Waals surface area (Å²) >= 11 is 0. The third-order valence-electron chi connectivity index (χ3n) is 3.41. The molecule has 0 aromatic carbocycles. The lowest BCUT2D eigenvalue weighted by molar-refractivity contribution is 0.259. The number of aliphatic hydroxyl groups is 1. The summed E-state index contributed by atoms with van der Waals surface area (Å²) in [7, 11) is 0.